The molecule has 1 aromatic rings. The summed E-state index contributed by atoms with van der Waals surface area (Å²) in [5.41, 5.74) is 7.06. The zero-order valence-corrected chi connectivity index (χ0v) is 12.6. The fourth-order valence-corrected chi connectivity index (χ4v) is 2.03. The monoisotopic (exact) mass is 293 g/mol. The van der Waals surface area contributed by atoms with Crippen LogP contribution in [0.3, 0.4) is 0 Å². The van der Waals surface area contributed by atoms with Crippen molar-refractivity contribution in [2.24, 2.45) is 11.7 Å². The zero-order valence-electron chi connectivity index (χ0n) is 12.6. The van der Waals surface area contributed by atoms with Gasteiger partial charge in [0.1, 0.15) is 0 Å². The smallest absolute Gasteiger partial charge is 0.320 e. The fraction of sp³-hybridized carbons (Fsp3) is 0.500. The summed E-state index contributed by atoms with van der Waals surface area (Å²) in [7, 11) is 0. The molecule has 0 bridgehead atoms. The zero-order chi connectivity index (χ0) is 15.7. The van der Waals surface area contributed by atoms with Gasteiger partial charge in [-0.1, -0.05) is 30.3 Å². The third-order valence-electron chi connectivity index (χ3n) is 3.14. The van der Waals surface area contributed by atoms with Gasteiger partial charge in [0.15, 0.2) is 5.92 Å². The molecule has 0 radical (unpaired) electrons. The minimum Gasteiger partial charge on any atom is -0.465 e. The van der Waals surface area contributed by atoms with Crippen molar-refractivity contribution < 1.29 is 19.1 Å². The van der Waals surface area contributed by atoms with Crippen LogP contribution < -0.4 is 5.73 Å². The van der Waals surface area contributed by atoms with Crippen molar-refractivity contribution in [3.05, 3.63) is 35.9 Å². The second kappa shape index (κ2) is 9.13. The number of carbonyl (C=O) groups is 2. The molecule has 0 aliphatic carbocycles. The molecule has 0 saturated carbocycles. The molecule has 5 nitrogen and oxygen atoms in total. The van der Waals surface area contributed by atoms with Gasteiger partial charge in [0, 0.05) is 6.04 Å². The highest BCUT2D eigenvalue weighted by molar-refractivity contribution is 5.94. The summed E-state index contributed by atoms with van der Waals surface area (Å²) in [6.07, 6.45) is 0.819. The Bertz CT molecular complexity index is 429. The van der Waals surface area contributed by atoms with Crippen molar-refractivity contribution in [1.82, 2.24) is 0 Å². The lowest BCUT2D eigenvalue weighted by Crippen LogP contribution is -2.29. The average Bonchev–Trinajstić information content (AvgIpc) is 2.48. The summed E-state index contributed by atoms with van der Waals surface area (Å²) < 4.78 is 9.86. The summed E-state index contributed by atoms with van der Waals surface area (Å²) >= 11 is 0. The van der Waals surface area contributed by atoms with E-state index in [2.05, 4.69) is 0 Å². The number of hydrogen-bond acceptors (Lipinski definition) is 5. The second-order valence-electron chi connectivity index (χ2n) is 4.65. The van der Waals surface area contributed by atoms with Gasteiger partial charge in [0.2, 0.25) is 0 Å². The van der Waals surface area contributed by atoms with Gasteiger partial charge in [-0.15, -0.1) is 0 Å². The molecule has 0 fully saturated rings. The quantitative estimate of drug-likeness (QED) is 0.587. The number of esters is 2. The summed E-state index contributed by atoms with van der Waals surface area (Å²) in [6.45, 7) is 3.88. The maximum absolute atomic E-state index is 11.8. The second-order valence-corrected chi connectivity index (χ2v) is 4.65. The number of ether oxygens (including phenoxy) is 2. The molecule has 5 heteroatoms. The summed E-state index contributed by atoms with van der Waals surface area (Å²) in [5.74, 6) is -1.99. The van der Waals surface area contributed by atoms with Crippen molar-refractivity contribution >= 4 is 11.9 Å². The molecule has 2 N–H and O–H groups in total. The number of benzene rings is 1. The van der Waals surface area contributed by atoms with Gasteiger partial charge in [-0.25, -0.2) is 0 Å². The van der Waals surface area contributed by atoms with E-state index in [1.807, 2.05) is 30.3 Å². The highest BCUT2D eigenvalue weighted by atomic mass is 16.6. The molecular formula is C16H23NO4. The largest absolute Gasteiger partial charge is 0.465 e. The first-order valence-electron chi connectivity index (χ1n) is 7.23. The van der Waals surface area contributed by atoms with E-state index in [1.54, 1.807) is 13.8 Å². The van der Waals surface area contributed by atoms with Crippen LogP contribution >= 0.6 is 0 Å². The lowest BCUT2D eigenvalue weighted by molar-refractivity contribution is -0.162. The normalized spacial score (nSPS) is 12.0. The molecule has 0 aromatic heterocycles. The number of carbonyl (C=O) groups excluding carboxylic acids is 2. The Morgan fingerprint density at radius 3 is 2.00 bits per heavy atom. The third kappa shape index (κ3) is 5.55. The molecule has 1 atom stereocenters. The van der Waals surface area contributed by atoms with E-state index in [4.69, 9.17) is 15.2 Å². The van der Waals surface area contributed by atoms with Gasteiger partial charge >= 0.3 is 11.9 Å². The SMILES string of the molecule is CCOC(=O)C(CCC(N)c1ccccc1)C(=O)OCC. The molecule has 0 amide bonds. The van der Waals surface area contributed by atoms with Gasteiger partial charge in [0.25, 0.3) is 0 Å². The Balaban J connectivity index is 2.64. The van der Waals surface area contributed by atoms with Crippen molar-refractivity contribution in [3.63, 3.8) is 0 Å². The Labute approximate surface area is 125 Å². The number of nitrogens with two attached hydrogens (primary N) is 1. The molecule has 1 rings (SSSR count). The number of rotatable bonds is 8. The first-order valence-corrected chi connectivity index (χ1v) is 7.23. The van der Waals surface area contributed by atoms with Crippen molar-refractivity contribution in [2.75, 3.05) is 13.2 Å². The Hall–Kier alpha value is -1.88. The minimum absolute atomic E-state index is 0.224. The third-order valence-corrected chi connectivity index (χ3v) is 3.14. The molecule has 0 saturated heterocycles. The van der Waals surface area contributed by atoms with Crippen LogP contribution in [0.4, 0.5) is 0 Å². The van der Waals surface area contributed by atoms with Crippen LogP contribution in [0.5, 0.6) is 0 Å². The van der Waals surface area contributed by atoms with Gasteiger partial charge in [0.05, 0.1) is 13.2 Å². The molecule has 0 aliphatic heterocycles. The summed E-state index contributed by atoms with van der Waals surface area (Å²) in [6, 6.07) is 9.35. The van der Waals surface area contributed by atoms with Crippen LogP contribution in [-0.2, 0) is 19.1 Å². The lowest BCUT2D eigenvalue weighted by atomic mass is 9.96. The van der Waals surface area contributed by atoms with E-state index >= 15 is 0 Å². The molecule has 21 heavy (non-hydrogen) atoms. The minimum atomic E-state index is -0.903. The molecule has 116 valence electrons. The molecule has 1 aromatic carbocycles. The van der Waals surface area contributed by atoms with E-state index in [0.717, 1.165) is 5.56 Å². The predicted octanol–water partition coefficient (Wildman–Crippen LogP) is 2.21. The highest BCUT2D eigenvalue weighted by Crippen LogP contribution is 2.20. The summed E-state index contributed by atoms with van der Waals surface area (Å²) in [5, 5.41) is 0. The standard InChI is InChI=1S/C16H23NO4/c1-3-20-15(18)13(16(19)21-4-2)10-11-14(17)12-8-6-5-7-9-12/h5-9,13-14H,3-4,10-11,17H2,1-2H3. The molecule has 0 aliphatic rings. The number of hydrogen-bond donors (Lipinski definition) is 1. The van der Waals surface area contributed by atoms with Gasteiger partial charge < -0.3 is 15.2 Å². The van der Waals surface area contributed by atoms with Gasteiger partial charge in [-0.05, 0) is 32.3 Å². The molecular weight excluding hydrogens is 270 g/mol. The maximum Gasteiger partial charge on any atom is 0.320 e. The van der Waals surface area contributed by atoms with E-state index in [1.165, 1.54) is 0 Å². The van der Waals surface area contributed by atoms with Crippen LogP contribution in [0, 0.1) is 5.92 Å². The van der Waals surface area contributed by atoms with Crippen LogP contribution in [-0.4, -0.2) is 25.2 Å². The highest BCUT2D eigenvalue weighted by Gasteiger charge is 2.29. The Morgan fingerprint density at radius 2 is 1.52 bits per heavy atom. The lowest BCUT2D eigenvalue weighted by Gasteiger charge is -2.17. The van der Waals surface area contributed by atoms with Crippen molar-refractivity contribution in [2.45, 2.75) is 32.7 Å². The van der Waals surface area contributed by atoms with E-state index < -0.39 is 17.9 Å². The van der Waals surface area contributed by atoms with E-state index in [9.17, 15) is 9.59 Å². The fourth-order valence-electron chi connectivity index (χ4n) is 2.03. The topological polar surface area (TPSA) is 78.6 Å². The van der Waals surface area contributed by atoms with Crippen LogP contribution in [0.1, 0.15) is 38.3 Å². The predicted molar refractivity (Wildman–Crippen MR) is 79.4 cm³/mol. The first kappa shape index (κ1) is 17.2. The average molecular weight is 293 g/mol. The van der Waals surface area contributed by atoms with Gasteiger partial charge in [-0.3, -0.25) is 9.59 Å². The summed E-state index contributed by atoms with van der Waals surface area (Å²) in [4.78, 5) is 23.7. The van der Waals surface area contributed by atoms with Crippen molar-refractivity contribution in [1.29, 1.82) is 0 Å². The molecule has 0 heterocycles. The van der Waals surface area contributed by atoms with E-state index in [0.29, 0.717) is 12.8 Å². The van der Waals surface area contributed by atoms with E-state index in [-0.39, 0.29) is 19.3 Å². The van der Waals surface area contributed by atoms with Crippen LogP contribution in [0.2, 0.25) is 0 Å². The Kier molecular flexibility index (Phi) is 7.46. The van der Waals surface area contributed by atoms with Crippen LogP contribution in [0.25, 0.3) is 0 Å². The maximum atomic E-state index is 11.8. The Morgan fingerprint density at radius 1 is 1.00 bits per heavy atom. The van der Waals surface area contributed by atoms with Crippen LogP contribution in [0.15, 0.2) is 30.3 Å². The first-order chi connectivity index (χ1) is 10.1. The van der Waals surface area contributed by atoms with Crippen molar-refractivity contribution in [3.8, 4) is 0 Å². The molecule has 1 unspecified atom stereocenters. The van der Waals surface area contributed by atoms with Gasteiger partial charge in [-0.2, -0.15) is 0 Å². The molecule has 0 spiro atoms.